The number of ketones is 1. The zero-order chi connectivity index (χ0) is 6.15. The summed E-state index contributed by atoms with van der Waals surface area (Å²) in [6, 6.07) is 0. The number of aliphatic hydroxyl groups excluding tert-OH is 1. The number of aliphatic hydroxyl groups is 1. The van der Waals surface area contributed by atoms with Crippen molar-refractivity contribution in [1.82, 2.24) is 0 Å². The molecule has 1 saturated heterocycles. The first kappa shape index (κ1) is 5.78. The van der Waals surface area contributed by atoms with E-state index in [9.17, 15) is 9.59 Å². The molecule has 1 N–H and O–H groups in total. The maximum Gasteiger partial charge on any atom is 0.257 e. The molecule has 1 aliphatic heterocycles. The van der Waals surface area contributed by atoms with E-state index in [2.05, 4.69) is 0 Å². The molecule has 44 valence electrons. The van der Waals surface area contributed by atoms with Crippen molar-refractivity contribution < 1.29 is 14.7 Å². The zero-order valence-electron chi connectivity index (χ0n) is 3.96. The average Bonchev–Trinajstić information content (AvgIpc) is 1.98. The normalized spacial score (nSPS) is 29.4. The minimum atomic E-state index is -1.03. The van der Waals surface area contributed by atoms with E-state index in [-0.39, 0.29) is 5.75 Å². The van der Waals surface area contributed by atoms with Crippen molar-refractivity contribution in [2.75, 3.05) is 5.75 Å². The first-order chi connectivity index (χ1) is 3.72. The van der Waals surface area contributed by atoms with Crippen LogP contribution in [0.4, 0.5) is 0 Å². The Morgan fingerprint density at radius 2 is 2.25 bits per heavy atom. The number of carbonyl (C=O) groups is 2. The maximum absolute atomic E-state index is 10.3. The Kier molecular flexibility index (Phi) is 1.35. The molecule has 8 heavy (non-hydrogen) atoms. The summed E-state index contributed by atoms with van der Waals surface area (Å²) in [5.41, 5.74) is 0. The van der Waals surface area contributed by atoms with Crippen LogP contribution < -0.4 is 0 Å². The van der Waals surface area contributed by atoms with E-state index in [0.29, 0.717) is 0 Å². The topological polar surface area (TPSA) is 54.4 Å². The second kappa shape index (κ2) is 1.87. The number of hydrogen-bond donors (Lipinski definition) is 1. The molecule has 1 atom stereocenters. The lowest BCUT2D eigenvalue weighted by atomic mass is 10.3. The summed E-state index contributed by atoms with van der Waals surface area (Å²) in [5.74, 6) is -0.424. The van der Waals surface area contributed by atoms with Gasteiger partial charge >= 0.3 is 0 Å². The highest BCUT2D eigenvalue weighted by molar-refractivity contribution is 8.16. The Hall–Kier alpha value is -0.350. The van der Waals surface area contributed by atoms with Gasteiger partial charge in [-0.25, -0.2) is 0 Å². The summed E-state index contributed by atoms with van der Waals surface area (Å²) < 4.78 is 0. The molecule has 0 aromatic carbocycles. The number of carbonyl (C=O) groups excluding carboxylic acids is 2. The number of Topliss-reactive ketones (excluding diaryl/α,β-unsaturated/α-hetero) is 1. The molecule has 1 rings (SSSR count). The largest absolute Gasteiger partial charge is 0.384 e. The Morgan fingerprint density at radius 1 is 1.62 bits per heavy atom. The molecule has 0 aromatic rings. The summed E-state index contributed by atoms with van der Waals surface area (Å²) in [7, 11) is 0. The van der Waals surface area contributed by atoms with Crippen LogP contribution in [-0.2, 0) is 9.59 Å². The highest BCUT2D eigenvalue weighted by Gasteiger charge is 2.31. The third-order valence-electron chi connectivity index (χ3n) is 0.876. The molecule has 1 fully saturated rings. The van der Waals surface area contributed by atoms with Crippen molar-refractivity contribution in [2.24, 2.45) is 0 Å². The molecular weight excluding hydrogens is 128 g/mol. The van der Waals surface area contributed by atoms with Gasteiger partial charge in [-0.1, -0.05) is 11.8 Å². The van der Waals surface area contributed by atoms with Gasteiger partial charge in [-0.15, -0.1) is 0 Å². The first-order valence-electron chi connectivity index (χ1n) is 2.11. The zero-order valence-corrected chi connectivity index (χ0v) is 4.77. The van der Waals surface area contributed by atoms with Crippen LogP contribution in [0.2, 0.25) is 0 Å². The van der Waals surface area contributed by atoms with Gasteiger partial charge in [-0.3, -0.25) is 9.59 Å². The van der Waals surface area contributed by atoms with E-state index in [0.717, 1.165) is 11.8 Å². The van der Waals surface area contributed by atoms with Gasteiger partial charge in [0, 0.05) is 5.75 Å². The fourth-order valence-corrected chi connectivity index (χ4v) is 1.18. The van der Waals surface area contributed by atoms with E-state index >= 15 is 0 Å². The maximum atomic E-state index is 10.3. The van der Waals surface area contributed by atoms with Crippen molar-refractivity contribution in [3.05, 3.63) is 0 Å². The fraction of sp³-hybridized carbons (Fsp3) is 0.500. The summed E-state index contributed by atoms with van der Waals surface area (Å²) in [6.45, 7) is 0. The number of hydrogen-bond acceptors (Lipinski definition) is 4. The second-order valence-electron chi connectivity index (χ2n) is 1.48. The van der Waals surface area contributed by atoms with Crippen molar-refractivity contribution in [3.63, 3.8) is 0 Å². The molecule has 0 aliphatic carbocycles. The predicted octanol–water partition coefficient (Wildman–Crippen LogP) is -0.810. The fourth-order valence-electron chi connectivity index (χ4n) is 0.437. The molecule has 0 radical (unpaired) electrons. The summed E-state index contributed by atoms with van der Waals surface area (Å²) >= 11 is 0.875. The lowest BCUT2D eigenvalue weighted by Crippen LogP contribution is -2.18. The minimum Gasteiger partial charge on any atom is -0.384 e. The van der Waals surface area contributed by atoms with Gasteiger partial charge in [0.1, 0.15) is 6.10 Å². The van der Waals surface area contributed by atoms with Gasteiger partial charge < -0.3 is 5.11 Å². The van der Waals surface area contributed by atoms with Crippen LogP contribution in [0.3, 0.4) is 0 Å². The van der Waals surface area contributed by atoms with E-state index in [1.807, 2.05) is 0 Å². The van der Waals surface area contributed by atoms with Gasteiger partial charge in [0.25, 0.3) is 5.12 Å². The SMILES string of the molecule is O=C1SCC(O)C1=O. The van der Waals surface area contributed by atoms with Crippen LogP contribution in [0.5, 0.6) is 0 Å². The van der Waals surface area contributed by atoms with Gasteiger partial charge in [0.15, 0.2) is 0 Å². The van der Waals surface area contributed by atoms with Crippen LogP contribution in [-0.4, -0.2) is 27.9 Å². The van der Waals surface area contributed by atoms with Gasteiger partial charge in [0.05, 0.1) is 0 Å². The first-order valence-corrected chi connectivity index (χ1v) is 3.09. The monoisotopic (exact) mass is 132 g/mol. The van der Waals surface area contributed by atoms with Gasteiger partial charge in [-0.2, -0.15) is 0 Å². The summed E-state index contributed by atoms with van der Waals surface area (Å²) in [4.78, 5) is 20.5. The Bertz CT molecular complexity index is 142. The van der Waals surface area contributed by atoms with E-state index in [1.165, 1.54) is 0 Å². The summed E-state index contributed by atoms with van der Waals surface area (Å²) in [5, 5.41) is 8.06. The van der Waals surface area contributed by atoms with Crippen molar-refractivity contribution >= 4 is 22.7 Å². The van der Waals surface area contributed by atoms with Crippen LogP contribution in [0.15, 0.2) is 0 Å². The van der Waals surface area contributed by atoms with E-state index in [1.54, 1.807) is 0 Å². The Morgan fingerprint density at radius 3 is 2.38 bits per heavy atom. The molecule has 3 nitrogen and oxygen atoms in total. The molecule has 4 heteroatoms. The lowest BCUT2D eigenvalue weighted by molar-refractivity contribution is -0.135. The highest BCUT2D eigenvalue weighted by Crippen LogP contribution is 2.15. The third kappa shape index (κ3) is 0.763. The van der Waals surface area contributed by atoms with Crippen LogP contribution in [0, 0.1) is 0 Å². The molecule has 1 aliphatic rings. The lowest BCUT2D eigenvalue weighted by Gasteiger charge is -1.88. The summed E-state index contributed by atoms with van der Waals surface area (Å²) in [6.07, 6.45) is -1.03. The molecule has 0 aromatic heterocycles. The molecular formula is C4H4O3S. The van der Waals surface area contributed by atoms with Crippen LogP contribution in [0.25, 0.3) is 0 Å². The van der Waals surface area contributed by atoms with E-state index < -0.39 is 17.0 Å². The molecule has 1 unspecified atom stereocenters. The Balaban J connectivity index is 2.71. The van der Waals surface area contributed by atoms with Crippen LogP contribution >= 0.6 is 11.8 Å². The van der Waals surface area contributed by atoms with Gasteiger partial charge in [0.2, 0.25) is 5.78 Å². The van der Waals surface area contributed by atoms with Crippen LogP contribution in [0.1, 0.15) is 0 Å². The van der Waals surface area contributed by atoms with Crippen molar-refractivity contribution in [1.29, 1.82) is 0 Å². The Labute approximate surface area is 50.1 Å². The standard InChI is InChI=1S/C4H4O3S/c5-2-1-8-4(7)3(2)6/h2,5H,1H2. The quantitative estimate of drug-likeness (QED) is 0.438. The van der Waals surface area contributed by atoms with Gasteiger partial charge in [-0.05, 0) is 0 Å². The van der Waals surface area contributed by atoms with E-state index in [4.69, 9.17) is 5.11 Å². The predicted molar refractivity (Wildman–Crippen MR) is 28.5 cm³/mol. The van der Waals surface area contributed by atoms with Crippen molar-refractivity contribution in [2.45, 2.75) is 6.10 Å². The molecule has 0 saturated carbocycles. The van der Waals surface area contributed by atoms with Crippen molar-refractivity contribution in [3.8, 4) is 0 Å². The molecule has 1 heterocycles. The molecule has 0 bridgehead atoms. The third-order valence-corrected chi connectivity index (χ3v) is 1.82. The number of thioether (sulfide) groups is 1. The smallest absolute Gasteiger partial charge is 0.257 e. The minimum absolute atomic E-state index is 0.234. The second-order valence-corrected chi connectivity index (χ2v) is 2.47. The molecule has 0 spiro atoms. The number of rotatable bonds is 0. The molecule has 0 amide bonds. The average molecular weight is 132 g/mol. The highest BCUT2D eigenvalue weighted by atomic mass is 32.2.